The number of aromatic nitrogens is 1. The SMILES string of the molecule is CNc1oc(-c2ccccc2[N+](=O)[O-])nc1C#N. The Labute approximate surface area is 102 Å². The van der Waals surface area contributed by atoms with E-state index < -0.39 is 4.92 Å². The minimum atomic E-state index is -0.523. The van der Waals surface area contributed by atoms with Crippen LogP contribution in [0.15, 0.2) is 28.7 Å². The maximum absolute atomic E-state index is 10.9. The molecule has 0 saturated heterocycles. The van der Waals surface area contributed by atoms with E-state index >= 15 is 0 Å². The Bertz CT molecular complexity index is 642. The van der Waals surface area contributed by atoms with Gasteiger partial charge in [-0.2, -0.15) is 10.2 Å². The predicted octanol–water partition coefficient (Wildman–Crippen LogP) is 2.16. The fourth-order valence-corrected chi connectivity index (χ4v) is 1.49. The van der Waals surface area contributed by atoms with E-state index in [-0.39, 0.29) is 28.7 Å². The summed E-state index contributed by atoms with van der Waals surface area (Å²) in [5.74, 6) is 0.230. The summed E-state index contributed by atoms with van der Waals surface area (Å²) >= 11 is 0. The minimum Gasteiger partial charge on any atom is -0.419 e. The van der Waals surface area contributed by atoms with Crippen LogP contribution in [0.4, 0.5) is 11.6 Å². The van der Waals surface area contributed by atoms with Gasteiger partial charge in [0.2, 0.25) is 17.5 Å². The van der Waals surface area contributed by atoms with Gasteiger partial charge < -0.3 is 9.73 Å². The summed E-state index contributed by atoms with van der Waals surface area (Å²) in [4.78, 5) is 14.3. The summed E-state index contributed by atoms with van der Waals surface area (Å²) < 4.78 is 5.28. The number of nitriles is 1. The van der Waals surface area contributed by atoms with E-state index in [2.05, 4.69) is 10.3 Å². The van der Waals surface area contributed by atoms with E-state index in [0.717, 1.165) is 0 Å². The molecule has 0 atom stereocenters. The van der Waals surface area contributed by atoms with Crippen LogP contribution >= 0.6 is 0 Å². The Morgan fingerprint density at radius 1 is 1.50 bits per heavy atom. The fraction of sp³-hybridized carbons (Fsp3) is 0.0909. The highest BCUT2D eigenvalue weighted by Gasteiger charge is 2.21. The zero-order valence-electron chi connectivity index (χ0n) is 9.38. The van der Waals surface area contributed by atoms with Gasteiger partial charge >= 0.3 is 0 Å². The van der Waals surface area contributed by atoms with Crippen LogP contribution in [0.1, 0.15) is 5.69 Å². The average Bonchev–Trinajstić information content (AvgIpc) is 2.81. The maximum Gasteiger partial charge on any atom is 0.282 e. The van der Waals surface area contributed by atoms with Crippen molar-refractivity contribution in [3.63, 3.8) is 0 Å². The zero-order valence-corrected chi connectivity index (χ0v) is 9.38. The van der Waals surface area contributed by atoms with E-state index in [9.17, 15) is 10.1 Å². The first-order valence-electron chi connectivity index (χ1n) is 5.00. The molecule has 0 unspecified atom stereocenters. The first-order chi connectivity index (χ1) is 8.67. The summed E-state index contributed by atoms with van der Waals surface area (Å²) in [5.41, 5.74) is 0.178. The second-order valence-corrected chi connectivity index (χ2v) is 3.33. The lowest BCUT2D eigenvalue weighted by atomic mass is 10.2. The smallest absolute Gasteiger partial charge is 0.282 e. The summed E-state index contributed by atoms with van der Waals surface area (Å²) in [5, 5.41) is 22.4. The number of nitro benzene ring substituents is 1. The molecular weight excluding hydrogens is 236 g/mol. The molecule has 0 amide bonds. The maximum atomic E-state index is 10.9. The molecule has 7 nitrogen and oxygen atoms in total. The lowest BCUT2D eigenvalue weighted by Crippen LogP contribution is -1.91. The van der Waals surface area contributed by atoms with Crippen molar-refractivity contribution in [3.05, 3.63) is 40.1 Å². The van der Waals surface area contributed by atoms with Crippen molar-refractivity contribution < 1.29 is 9.34 Å². The number of benzene rings is 1. The Morgan fingerprint density at radius 3 is 2.78 bits per heavy atom. The van der Waals surface area contributed by atoms with Gasteiger partial charge in [-0.1, -0.05) is 12.1 Å². The van der Waals surface area contributed by atoms with E-state index in [0.29, 0.717) is 0 Å². The molecule has 2 aromatic rings. The van der Waals surface area contributed by atoms with Crippen LogP contribution in [0.5, 0.6) is 0 Å². The minimum absolute atomic E-state index is 0.0446. The Hall–Kier alpha value is -2.88. The van der Waals surface area contributed by atoms with Gasteiger partial charge in [-0.25, -0.2) is 0 Å². The molecule has 0 fully saturated rings. The number of nitrogens with zero attached hydrogens (tertiary/aromatic N) is 3. The molecule has 0 aliphatic heterocycles. The van der Waals surface area contributed by atoms with E-state index in [4.69, 9.17) is 9.68 Å². The van der Waals surface area contributed by atoms with Crippen molar-refractivity contribution >= 4 is 11.6 Å². The van der Waals surface area contributed by atoms with Gasteiger partial charge in [-0.3, -0.25) is 10.1 Å². The normalized spacial score (nSPS) is 9.78. The largest absolute Gasteiger partial charge is 0.419 e. The highest BCUT2D eigenvalue weighted by atomic mass is 16.6. The van der Waals surface area contributed by atoms with Crippen LogP contribution < -0.4 is 5.32 Å². The number of hydrogen-bond acceptors (Lipinski definition) is 6. The summed E-state index contributed by atoms with van der Waals surface area (Å²) in [6, 6.07) is 7.91. The van der Waals surface area contributed by atoms with Crippen LogP contribution in [0.2, 0.25) is 0 Å². The number of nitrogens with one attached hydrogen (secondary N) is 1. The Balaban J connectivity index is 2.59. The van der Waals surface area contributed by atoms with Gasteiger partial charge in [0.1, 0.15) is 11.6 Å². The molecule has 0 aliphatic carbocycles. The van der Waals surface area contributed by atoms with E-state index in [1.807, 2.05) is 6.07 Å². The Morgan fingerprint density at radius 2 is 2.22 bits per heavy atom. The van der Waals surface area contributed by atoms with E-state index in [1.54, 1.807) is 19.2 Å². The number of anilines is 1. The lowest BCUT2D eigenvalue weighted by molar-refractivity contribution is -0.384. The third-order valence-electron chi connectivity index (χ3n) is 2.29. The second kappa shape index (κ2) is 4.55. The first kappa shape index (κ1) is 11.6. The van der Waals surface area contributed by atoms with Gasteiger partial charge in [0.25, 0.3) is 5.69 Å². The highest BCUT2D eigenvalue weighted by molar-refractivity contribution is 5.68. The van der Waals surface area contributed by atoms with Gasteiger partial charge in [0, 0.05) is 13.1 Å². The topological polar surface area (TPSA) is 105 Å². The Kier molecular flexibility index (Phi) is 2.93. The molecule has 1 aromatic carbocycles. The molecule has 18 heavy (non-hydrogen) atoms. The van der Waals surface area contributed by atoms with Crippen molar-refractivity contribution in [3.8, 4) is 17.5 Å². The lowest BCUT2D eigenvalue weighted by Gasteiger charge is -1.97. The zero-order chi connectivity index (χ0) is 13.1. The van der Waals surface area contributed by atoms with Gasteiger partial charge in [-0.05, 0) is 6.07 Å². The number of para-hydroxylation sites is 1. The molecule has 0 radical (unpaired) electrons. The van der Waals surface area contributed by atoms with E-state index in [1.165, 1.54) is 12.1 Å². The van der Waals surface area contributed by atoms with Crippen molar-refractivity contribution in [2.45, 2.75) is 0 Å². The molecular formula is C11H8N4O3. The first-order valence-corrected chi connectivity index (χ1v) is 5.00. The summed E-state index contributed by atoms with van der Waals surface area (Å²) in [6.07, 6.45) is 0. The van der Waals surface area contributed by atoms with Crippen molar-refractivity contribution in [1.82, 2.24) is 4.98 Å². The van der Waals surface area contributed by atoms with Crippen LogP contribution in [-0.4, -0.2) is 17.0 Å². The molecule has 0 saturated carbocycles. The highest BCUT2D eigenvalue weighted by Crippen LogP contribution is 2.31. The molecule has 2 rings (SSSR count). The second-order valence-electron chi connectivity index (χ2n) is 3.33. The summed E-state index contributed by atoms with van der Waals surface area (Å²) in [6.45, 7) is 0. The molecule has 1 N–H and O–H groups in total. The predicted molar refractivity (Wildman–Crippen MR) is 62.9 cm³/mol. The van der Waals surface area contributed by atoms with Gasteiger partial charge in [0.15, 0.2) is 0 Å². The molecule has 90 valence electrons. The third kappa shape index (κ3) is 1.87. The molecule has 0 spiro atoms. The molecule has 1 aromatic heterocycles. The van der Waals surface area contributed by atoms with Crippen LogP contribution in [0.25, 0.3) is 11.5 Å². The summed E-state index contributed by atoms with van der Waals surface area (Å²) in [7, 11) is 1.57. The van der Waals surface area contributed by atoms with Gasteiger partial charge in [0.05, 0.1) is 4.92 Å². The van der Waals surface area contributed by atoms with Crippen LogP contribution in [0, 0.1) is 21.4 Å². The van der Waals surface area contributed by atoms with Crippen molar-refractivity contribution in [2.24, 2.45) is 0 Å². The number of oxazole rings is 1. The molecule has 1 heterocycles. The molecule has 7 heteroatoms. The average molecular weight is 244 g/mol. The fourth-order valence-electron chi connectivity index (χ4n) is 1.49. The van der Waals surface area contributed by atoms with Gasteiger partial charge in [-0.15, -0.1) is 0 Å². The number of nitro groups is 1. The molecule has 0 bridgehead atoms. The number of rotatable bonds is 3. The third-order valence-corrected chi connectivity index (χ3v) is 2.29. The van der Waals surface area contributed by atoms with Crippen molar-refractivity contribution in [1.29, 1.82) is 5.26 Å². The van der Waals surface area contributed by atoms with Crippen LogP contribution in [0.3, 0.4) is 0 Å². The van der Waals surface area contributed by atoms with Crippen LogP contribution in [-0.2, 0) is 0 Å². The quantitative estimate of drug-likeness (QED) is 0.655. The number of hydrogen-bond donors (Lipinski definition) is 1. The van der Waals surface area contributed by atoms with Crippen molar-refractivity contribution in [2.75, 3.05) is 12.4 Å². The molecule has 0 aliphatic rings. The monoisotopic (exact) mass is 244 g/mol. The standard InChI is InChI=1S/C11H8N4O3/c1-13-11-8(6-12)14-10(18-11)7-4-2-3-5-9(7)15(16)17/h2-5,13H,1H3.